The number of likely N-dealkylation sites (tertiary alicyclic amines) is 1. The summed E-state index contributed by atoms with van der Waals surface area (Å²) in [5, 5.41) is 11.8. The molecule has 2 unspecified atom stereocenters. The van der Waals surface area contributed by atoms with E-state index in [1.807, 2.05) is 11.8 Å². The number of urea groups is 1. The van der Waals surface area contributed by atoms with E-state index in [1.54, 1.807) is 0 Å². The topological polar surface area (TPSA) is 69.6 Å². The van der Waals surface area contributed by atoms with Crippen LogP contribution in [0.5, 0.6) is 0 Å². The van der Waals surface area contributed by atoms with Gasteiger partial charge in [-0.15, -0.1) is 0 Å². The zero-order valence-corrected chi connectivity index (χ0v) is 12.0. The van der Waals surface area contributed by atoms with Crippen molar-refractivity contribution < 1.29 is 14.7 Å². The first-order chi connectivity index (χ1) is 9.06. The van der Waals surface area contributed by atoms with E-state index in [4.69, 9.17) is 5.11 Å². The summed E-state index contributed by atoms with van der Waals surface area (Å²) in [4.78, 5) is 25.0. The maximum absolute atomic E-state index is 12.1. The molecule has 2 amide bonds. The molecule has 110 valence electrons. The fourth-order valence-corrected chi connectivity index (χ4v) is 2.55. The van der Waals surface area contributed by atoms with Gasteiger partial charge in [-0.1, -0.05) is 26.2 Å². The number of hydrogen-bond donors (Lipinski definition) is 2. The van der Waals surface area contributed by atoms with Gasteiger partial charge in [0.15, 0.2) is 0 Å². The molecule has 1 fully saturated rings. The van der Waals surface area contributed by atoms with Gasteiger partial charge < -0.3 is 15.3 Å². The van der Waals surface area contributed by atoms with Gasteiger partial charge in [0.2, 0.25) is 0 Å². The van der Waals surface area contributed by atoms with Crippen molar-refractivity contribution in [3.8, 4) is 0 Å². The Kier molecular flexibility index (Phi) is 6.67. The molecule has 0 aromatic carbocycles. The first kappa shape index (κ1) is 15.8. The highest BCUT2D eigenvalue weighted by Gasteiger charge is 2.23. The number of aliphatic carboxylic acids is 1. The molecule has 0 saturated carbocycles. The number of carbonyl (C=O) groups excluding carboxylic acids is 1. The molecule has 0 aromatic rings. The van der Waals surface area contributed by atoms with Crippen molar-refractivity contribution in [1.82, 2.24) is 10.2 Å². The minimum Gasteiger partial charge on any atom is -0.481 e. The summed E-state index contributed by atoms with van der Waals surface area (Å²) in [6, 6.07) is 0.133. The number of carbonyl (C=O) groups is 2. The SMILES string of the molecule is CCCC(CNC(=O)N1CCCCCC1C)C(=O)O. The van der Waals surface area contributed by atoms with Crippen LogP contribution in [0.3, 0.4) is 0 Å². The predicted octanol–water partition coefficient (Wildman–Crippen LogP) is 2.46. The van der Waals surface area contributed by atoms with E-state index in [-0.39, 0.29) is 18.6 Å². The fraction of sp³-hybridized carbons (Fsp3) is 0.857. The molecule has 1 aliphatic heterocycles. The summed E-state index contributed by atoms with van der Waals surface area (Å²) in [7, 11) is 0. The van der Waals surface area contributed by atoms with E-state index >= 15 is 0 Å². The van der Waals surface area contributed by atoms with Gasteiger partial charge in [-0.2, -0.15) is 0 Å². The van der Waals surface area contributed by atoms with E-state index in [2.05, 4.69) is 12.2 Å². The van der Waals surface area contributed by atoms with Crippen LogP contribution in [0.25, 0.3) is 0 Å². The molecule has 5 heteroatoms. The van der Waals surface area contributed by atoms with Crippen LogP contribution in [0.15, 0.2) is 0 Å². The van der Waals surface area contributed by atoms with Crippen LogP contribution in [-0.4, -0.2) is 41.1 Å². The van der Waals surface area contributed by atoms with E-state index in [9.17, 15) is 9.59 Å². The zero-order valence-electron chi connectivity index (χ0n) is 12.0. The normalized spacial score (nSPS) is 21.6. The Morgan fingerprint density at radius 3 is 2.74 bits per heavy atom. The number of nitrogens with one attached hydrogen (secondary N) is 1. The maximum atomic E-state index is 12.1. The van der Waals surface area contributed by atoms with Crippen molar-refractivity contribution in [1.29, 1.82) is 0 Å². The average molecular weight is 270 g/mol. The van der Waals surface area contributed by atoms with E-state index < -0.39 is 11.9 Å². The molecule has 1 heterocycles. The molecule has 0 aromatic heterocycles. The number of nitrogens with zero attached hydrogens (tertiary/aromatic N) is 1. The van der Waals surface area contributed by atoms with Crippen LogP contribution in [0.4, 0.5) is 4.79 Å². The second kappa shape index (κ2) is 8.02. The molecule has 0 aliphatic carbocycles. The Morgan fingerprint density at radius 1 is 1.37 bits per heavy atom. The summed E-state index contributed by atoms with van der Waals surface area (Å²) < 4.78 is 0. The second-order valence-electron chi connectivity index (χ2n) is 5.40. The van der Waals surface area contributed by atoms with Gasteiger partial charge in [0.1, 0.15) is 0 Å². The minimum atomic E-state index is -0.828. The van der Waals surface area contributed by atoms with E-state index in [0.29, 0.717) is 6.42 Å². The Balaban J connectivity index is 2.46. The Labute approximate surface area is 115 Å². The number of carboxylic acids is 1. The molecule has 0 radical (unpaired) electrons. The Bertz CT molecular complexity index is 307. The van der Waals surface area contributed by atoms with Crippen molar-refractivity contribution in [2.45, 2.75) is 58.4 Å². The van der Waals surface area contributed by atoms with Gasteiger partial charge in [-0.05, 0) is 26.2 Å². The van der Waals surface area contributed by atoms with Crippen molar-refractivity contribution in [3.63, 3.8) is 0 Å². The van der Waals surface area contributed by atoms with Crippen LogP contribution in [0, 0.1) is 5.92 Å². The van der Waals surface area contributed by atoms with Crippen molar-refractivity contribution in [2.24, 2.45) is 5.92 Å². The molecule has 0 bridgehead atoms. The largest absolute Gasteiger partial charge is 0.481 e. The van der Waals surface area contributed by atoms with Gasteiger partial charge in [0.05, 0.1) is 5.92 Å². The molecule has 1 aliphatic rings. The van der Waals surface area contributed by atoms with E-state index in [0.717, 1.165) is 25.8 Å². The quantitative estimate of drug-likeness (QED) is 0.806. The fourth-order valence-electron chi connectivity index (χ4n) is 2.55. The van der Waals surface area contributed by atoms with Crippen LogP contribution in [-0.2, 0) is 4.79 Å². The summed E-state index contributed by atoms with van der Waals surface area (Å²) in [6.45, 7) is 5.02. The van der Waals surface area contributed by atoms with Gasteiger partial charge in [0.25, 0.3) is 0 Å². The van der Waals surface area contributed by atoms with E-state index in [1.165, 1.54) is 12.8 Å². The summed E-state index contributed by atoms with van der Waals surface area (Å²) >= 11 is 0. The van der Waals surface area contributed by atoms with Crippen molar-refractivity contribution >= 4 is 12.0 Å². The third-order valence-corrected chi connectivity index (χ3v) is 3.80. The van der Waals surface area contributed by atoms with Crippen LogP contribution in [0.2, 0.25) is 0 Å². The summed E-state index contributed by atoms with van der Waals surface area (Å²) in [5.74, 6) is -1.30. The number of hydrogen-bond acceptors (Lipinski definition) is 2. The highest BCUT2D eigenvalue weighted by atomic mass is 16.4. The van der Waals surface area contributed by atoms with Crippen LogP contribution >= 0.6 is 0 Å². The number of amides is 2. The lowest BCUT2D eigenvalue weighted by Crippen LogP contribution is -2.46. The molecule has 2 atom stereocenters. The first-order valence-corrected chi connectivity index (χ1v) is 7.33. The molecule has 1 saturated heterocycles. The van der Waals surface area contributed by atoms with Gasteiger partial charge in [-0.25, -0.2) is 4.79 Å². The summed E-state index contributed by atoms with van der Waals surface area (Å²) in [5.41, 5.74) is 0. The number of carboxylic acid groups (broad SMARTS) is 1. The zero-order chi connectivity index (χ0) is 14.3. The predicted molar refractivity (Wildman–Crippen MR) is 74.1 cm³/mol. The van der Waals surface area contributed by atoms with Gasteiger partial charge in [0, 0.05) is 19.1 Å². The van der Waals surface area contributed by atoms with Gasteiger partial charge in [-0.3, -0.25) is 4.79 Å². The standard InChI is InChI=1S/C14H26N2O3/c1-3-7-12(13(17)18)10-15-14(19)16-9-6-4-5-8-11(16)2/h11-12H,3-10H2,1-2H3,(H,15,19)(H,17,18). The van der Waals surface area contributed by atoms with Crippen LogP contribution in [0.1, 0.15) is 52.4 Å². The minimum absolute atomic E-state index is 0.114. The highest BCUT2D eigenvalue weighted by molar-refractivity contribution is 5.76. The molecule has 19 heavy (non-hydrogen) atoms. The Morgan fingerprint density at radius 2 is 2.11 bits per heavy atom. The molecule has 5 nitrogen and oxygen atoms in total. The Hall–Kier alpha value is -1.26. The second-order valence-corrected chi connectivity index (χ2v) is 5.40. The molecule has 1 rings (SSSR count). The maximum Gasteiger partial charge on any atom is 0.317 e. The molecular weight excluding hydrogens is 244 g/mol. The summed E-state index contributed by atoms with van der Waals surface area (Å²) in [6.07, 6.45) is 5.82. The molecular formula is C14H26N2O3. The highest BCUT2D eigenvalue weighted by Crippen LogP contribution is 2.16. The van der Waals surface area contributed by atoms with Crippen molar-refractivity contribution in [2.75, 3.05) is 13.1 Å². The lowest BCUT2D eigenvalue weighted by Gasteiger charge is -2.28. The average Bonchev–Trinajstić information content (AvgIpc) is 2.58. The lowest BCUT2D eigenvalue weighted by molar-refractivity contribution is -0.141. The molecule has 2 N–H and O–H groups in total. The number of rotatable bonds is 5. The van der Waals surface area contributed by atoms with Crippen LogP contribution < -0.4 is 5.32 Å². The third-order valence-electron chi connectivity index (χ3n) is 3.80. The monoisotopic (exact) mass is 270 g/mol. The van der Waals surface area contributed by atoms with Crippen molar-refractivity contribution in [3.05, 3.63) is 0 Å². The lowest BCUT2D eigenvalue weighted by atomic mass is 10.0. The molecule has 0 spiro atoms. The first-order valence-electron chi connectivity index (χ1n) is 7.33. The van der Waals surface area contributed by atoms with Gasteiger partial charge >= 0.3 is 12.0 Å². The smallest absolute Gasteiger partial charge is 0.317 e. The third kappa shape index (κ3) is 5.09.